The second kappa shape index (κ2) is 5.90. The van der Waals surface area contributed by atoms with Crippen molar-refractivity contribution < 1.29 is 22.7 Å². The number of rotatable bonds is 1. The summed E-state index contributed by atoms with van der Waals surface area (Å²) in [4.78, 5) is 12.7. The molecule has 0 saturated carbocycles. The van der Waals surface area contributed by atoms with E-state index >= 15 is 0 Å². The predicted octanol–water partition coefficient (Wildman–Crippen LogP) is 4.16. The number of carbonyl (C=O) groups excluding carboxylic acids is 1. The topological polar surface area (TPSA) is 76.1 Å². The molecule has 2 aliphatic rings. The van der Waals surface area contributed by atoms with Crippen LogP contribution in [0.2, 0.25) is 0 Å². The van der Waals surface area contributed by atoms with Gasteiger partial charge in [-0.15, -0.1) is 0 Å². The molecule has 1 atom stereocenters. The second-order valence-electron chi connectivity index (χ2n) is 7.32. The number of allylic oxidation sites excluding steroid dienone is 3. The van der Waals surface area contributed by atoms with Gasteiger partial charge >= 0.3 is 6.18 Å². The first-order chi connectivity index (χ1) is 12.0. The molecule has 0 saturated heterocycles. The second-order valence-corrected chi connectivity index (χ2v) is 7.32. The number of Topliss-reactive ketones (excluding diaryl/α,β-unsaturated/α-hetero) is 1. The average Bonchev–Trinajstić information content (AvgIpc) is 2.51. The highest BCUT2D eigenvalue weighted by Crippen LogP contribution is 2.48. The predicted molar refractivity (Wildman–Crippen MR) is 87.1 cm³/mol. The van der Waals surface area contributed by atoms with E-state index in [9.17, 15) is 23.2 Å². The standard InChI is InChI=1S/C19H17F3N2O2/c1-18(2)7-13(25)16-14(8-18)26-17(24)12(9-23)15(16)10-3-5-11(6-4-10)19(20,21)22/h3-6,15H,7-8,24H2,1-2H3/t15-/m0/s1. The average molecular weight is 362 g/mol. The van der Waals surface area contributed by atoms with E-state index in [0.29, 0.717) is 23.3 Å². The van der Waals surface area contributed by atoms with E-state index in [1.165, 1.54) is 12.1 Å². The van der Waals surface area contributed by atoms with Gasteiger partial charge in [-0.25, -0.2) is 0 Å². The van der Waals surface area contributed by atoms with E-state index in [4.69, 9.17) is 10.5 Å². The van der Waals surface area contributed by atoms with Gasteiger partial charge in [-0.3, -0.25) is 4.79 Å². The number of alkyl halides is 3. The van der Waals surface area contributed by atoms with Gasteiger partial charge in [-0.1, -0.05) is 26.0 Å². The van der Waals surface area contributed by atoms with Crippen LogP contribution in [0.3, 0.4) is 0 Å². The molecule has 26 heavy (non-hydrogen) atoms. The number of carbonyl (C=O) groups is 1. The molecule has 2 N–H and O–H groups in total. The van der Waals surface area contributed by atoms with Crippen molar-refractivity contribution >= 4 is 5.78 Å². The summed E-state index contributed by atoms with van der Waals surface area (Å²) < 4.78 is 44.0. The van der Waals surface area contributed by atoms with E-state index in [-0.39, 0.29) is 29.1 Å². The number of benzene rings is 1. The van der Waals surface area contributed by atoms with Gasteiger partial charge in [0.15, 0.2) is 5.78 Å². The first-order valence-electron chi connectivity index (χ1n) is 8.04. The Bertz CT molecular complexity index is 872. The van der Waals surface area contributed by atoms with Crippen LogP contribution in [0.4, 0.5) is 13.2 Å². The lowest BCUT2D eigenvalue weighted by Crippen LogP contribution is -2.33. The van der Waals surface area contributed by atoms with Crippen molar-refractivity contribution in [1.82, 2.24) is 0 Å². The Hall–Kier alpha value is -2.75. The van der Waals surface area contributed by atoms with Crippen LogP contribution >= 0.6 is 0 Å². The zero-order valence-corrected chi connectivity index (χ0v) is 14.3. The van der Waals surface area contributed by atoms with Gasteiger partial charge < -0.3 is 10.5 Å². The molecule has 0 bridgehead atoms. The summed E-state index contributed by atoms with van der Waals surface area (Å²) in [6.45, 7) is 3.84. The number of hydrogen-bond donors (Lipinski definition) is 1. The van der Waals surface area contributed by atoms with E-state index in [1.807, 2.05) is 19.9 Å². The minimum Gasteiger partial charge on any atom is -0.444 e. The summed E-state index contributed by atoms with van der Waals surface area (Å²) >= 11 is 0. The minimum absolute atomic E-state index is 0.0385. The SMILES string of the molecule is CC1(C)CC(=O)C2=C(C1)OC(N)=C(C#N)[C@@H]2c1ccc(C(F)(F)F)cc1. The van der Waals surface area contributed by atoms with Crippen LogP contribution in [-0.4, -0.2) is 5.78 Å². The monoisotopic (exact) mass is 362 g/mol. The number of ketones is 1. The summed E-state index contributed by atoms with van der Waals surface area (Å²) in [6.07, 6.45) is -3.73. The Kier molecular flexibility index (Phi) is 4.10. The van der Waals surface area contributed by atoms with Gasteiger partial charge in [0.1, 0.15) is 17.4 Å². The van der Waals surface area contributed by atoms with Gasteiger partial charge in [0.05, 0.1) is 11.5 Å². The summed E-state index contributed by atoms with van der Waals surface area (Å²) in [7, 11) is 0. The molecule has 4 nitrogen and oxygen atoms in total. The van der Waals surface area contributed by atoms with Gasteiger partial charge in [-0.05, 0) is 23.1 Å². The van der Waals surface area contributed by atoms with Crippen molar-refractivity contribution in [2.75, 3.05) is 0 Å². The van der Waals surface area contributed by atoms with Crippen LogP contribution in [0, 0.1) is 16.7 Å². The summed E-state index contributed by atoms with van der Waals surface area (Å²) in [5.41, 5.74) is 5.51. The lowest BCUT2D eigenvalue weighted by molar-refractivity contribution is -0.137. The Morgan fingerprint density at radius 1 is 1.23 bits per heavy atom. The fourth-order valence-corrected chi connectivity index (χ4v) is 3.48. The third kappa shape index (κ3) is 3.07. The molecule has 0 amide bonds. The third-order valence-corrected chi connectivity index (χ3v) is 4.65. The van der Waals surface area contributed by atoms with E-state index in [0.717, 1.165) is 12.1 Å². The zero-order chi connectivity index (χ0) is 19.3. The van der Waals surface area contributed by atoms with Crippen molar-refractivity contribution in [1.29, 1.82) is 5.26 Å². The van der Waals surface area contributed by atoms with E-state index < -0.39 is 17.7 Å². The smallest absolute Gasteiger partial charge is 0.416 e. The molecule has 0 aromatic heterocycles. The van der Waals surface area contributed by atoms with Gasteiger partial charge in [-0.2, -0.15) is 18.4 Å². The maximum atomic E-state index is 12.8. The Labute approximate surface area is 148 Å². The normalized spacial score (nSPS) is 22.6. The van der Waals surface area contributed by atoms with Crippen molar-refractivity contribution in [3.8, 4) is 6.07 Å². The van der Waals surface area contributed by atoms with Crippen molar-refractivity contribution in [2.45, 2.75) is 38.8 Å². The number of ether oxygens (including phenoxy) is 1. The van der Waals surface area contributed by atoms with Gasteiger partial charge in [0, 0.05) is 18.4 Å². The highest BCUT2D eigenvalue weighted by Gasteiger charge is 2.43. The van der Waals surface area contributed by atoms with Crippen LogP contribution < -0.4 is 5.73 Å². The lowest BCUT2D eigenvalue weighted by Gasteiger charge is -2.37. The van der Waals surface area contributed by atoms with Crippen LogP contribution in [0.15, 0.2) is 47.1 Å². The molecule has 0 fully saturated rings. The number of hydrogen-bond acceptors (Lipinski definition) is 4. The highest BCUT2D eigenvalue weighted by molar-refractivity contribution is 6.00. The molecule has 1 aromatic rings. The first kappa shape index (κ1) is 18.1. The molecule has 1 heterocycles. The highest BCUT2D eigenvalue weighted by atomic mass is 19.4. The maximum Gasteiger partial charge on any atom is 0.416 e. The largest absolute Gasteiger partial charge is 0.444 e. The lowest BCUT2D eigenvalue weighted by atomic mass is 9.70. The molecule has 0 spiro atoms. The molecule has 0 radical (unpaired) electrons. The molecule has 1 aliphatic carbocycles. The summed E-state index contributed by atoms with van der Waals surface area (Å²) in [5, 5.41) is 9.47. The van der Waals surface area contributed by atoms with Crippen LogP contribution in [0.1, 0.15) is 43.7 Å². The fourth-order valence-electron chi connectivity index (χ4n) is 3.48. The molecule has 7 heteroatoms. The number of nitriles is 1. The molecule has 136 valence electrons. The Morgan fingerprint density at radius 2 is 1.85 bits per heavy atom. The number of halogens is 3. The quantitative estimate of drug-likeness (QED) is 0.814. The summed E-state index contributed by atoms with van der Waals surface area (Å²) in [6, 6.07) is 6.38. The Morgan fingerprint density at radius 3 is 2.38 bits per heavy atom. The molecule has 0 unspecified atom stereocenters. The minimum atomic E-state index is -4.46. The van der Waals surface area contributed by atoms with Crippen molar-refractivity contribution in [3.05, 3.63) is 58.2 Å². The summed E-state index contributed by atoms with van der Waals surface area (Å²) in [5.74, 6) is -0.703. The van der Waals surface area contributed by atoms with Crippen LogP contribution in [0.5, 0.6) is 0 Å². The zero-order valence-electron chi connectivity index (χ0n) is 14.3. The molecule has 1 aliphatic heterocycles. The van der Waals surface area contributed by atoms with Gasteiger partial charge in [0.25, 0.3) is 0 Å². The van der Waals surface area contributed by atoms with Crippen LogP contribution in [-0.2, 0) is 15.7 Å². The van der Waals surface area contributed by atoms with Gasteiger partial charge in [0.2, 0.25) is 5.88 Å². The first-order valence-corrected chi connectivity index (χ1v) is 8.04. The van der Waals surface area contributed by atoms with Crippen molar-refractivity contribution in [2.24, 2.45) is 11.1 Å². The van der Waals surface area contributed by atoms with E-state index in [1.54, 1.807) is 0 Å². The molecule has 3 rings (SSSR count). The Balaban J connectivity index is 2.12. The van der Waals surface area contributed by atoms with E-state index in [2.05, 4.69) is 0 Å². The van der Waals surface area contributed by atoms with Crippen LogP contribution in [0.25, 0.3) is 0 Å². The fraction of sp³-hybridized carbons (Fsp3) is 0.368. The molecular formula is C19H17F3N2O2. The maximum absolute atomic E-state index is 12.8. The number of nitrogens with zero attached hydrogens (tertiary/aromatic N) is 1. The molecule has 1 aromatic carbocycles. The molecular weight excluding hydrogens is 345 g/mol. The number of nitrogens with two attached hydrogens (primary N) is 1. The third-order valence-electron chi connectivity index (χ3n) is 4.65. The van der Waals surface area contributed by atoms with Crippen molar-refractivity contribution in [3.63, 3.8) is 0 Å².